The molecule has 26 heavy (non-hydrogen) atoms. The highest BCUT2D eigenvalue weighted by Gasteiger charge is 2.16. The third-order valence-electron chi connectivity index (χ3n) is 4.23. The Kier molecular flexibility index (Phi) is 4.10. The van der Waals surface area contributed by atoms with E-state index in [0.29, 0.717) is 11.5 Å². The molecule has 0 radical (unpaired) electrons. The first-order valence-electron chi connectivity index (χ1n) is 8.37. The second-order valence-electron chi connectivity index (χ2n) is 6.13. The van der Waals surface area contributed by atoms with Gasteiger partial charge in [0.05, 0.1) is 6.54 Å². The Hall–Kier alpha value is -3.61. The lowest BCUT2D eigenvalue weighted by molar-refractivity contribution is -0.672. The number of aromatic amines is 1. The van der Waals surface area contributed by atoms with Crippen molar-refractivity contribution in [3.63, 3.8) is 0 Å². The van der Waals surface area contributed by atoms with Crippen LogP contribution in [-0.4, -0.2) is 15.0 Å². The number of fused-ring (bicyclic) bond motifs is 1. The Morgan fingerprint density at radius 2 is 1.85 bits per heavy atom. The number of nitrogen functional groups attached to an aromatic ring is 2. The number of aromatic nitrogens is 4. The molecular weight excluding hydrogens is 326 g/mol. The molecule has 0 atom stereocenters. The summed E-state index contributed by atoms with van der Waals surface area (Å²) >= 11 is 0. The number of benzene rings is 2. The standard InChI is InChI=1S/C19H19N7/c20-14-6-4-13(5-7-14)8-9-26-12-24-17-18(22-11-23-19(17)26)25-16-3-1-2-15(21)10-16/h1-7,10-12H,8-9,20-21H2,(H,22,23,25)/p+1. The summed E-state index contributed by atoms with van der Waals surface area (Å²) in [7, 11) is 0. The van der Waals surface area contributed by atoms with E-state index in [1.165, 1.54) is 5.56 Å². The van der Waals surface area contributed by atoms with Gasteiger partial charge in [0.1, 0.15) is 0 Å². The number of aryl methyl sites for hydroxylation is 2. The SMILES string of the molecule is Nc1ccc(CC[n+]2c[nH]c3c(Nc4cccc(N)c4)ncnc32)cc1. The zero-order valence-electron chi connectivity index (χ0n) is 14.2. The lowest BCUT2D eigenvalue weighted by atomic mass is 10.1. The smallest absolute Gasteiger partial charge is 0.307 e. The summed E-state index contributed by atoms with van der Waals surface area (Å²) in [4.78, 5) is 12.0. The molecule has 6 N–H and O–H groups in total. The Morgan fingerprint density at radius 3 is 2.65 bits per heavy atom. The molecule has 0 saturated heterocycles. The number of hydrogen-bond acceptors (Lipinski definition) is 5. The van der Waals surface area contributed by atoms with Crippen molar-refractivity contribution in [2.75, 3.05) is 16.8 Å². The molecule has 0 bridgehead atoms. The zero-order chi connectivity index (χ0) is 17.9. The fourth-order valence-corrected chi connectivity index (χ4v) is 2.88. The van der Waals surface area contributed by atoms with Gasteiger partial charge in [0.2, 0.25) is 5.52 Å². The van der Waals surface area contributed by atoms with E-state index in [9.17, 15) is 0 Å². The first-order valence-corrected chi connectivity index (χ1v) is 8.37. The monoisotopic (exact) mass is 346 g/mol. The fraction of sp³-hybridized carbons (Fsp3) is 0.105. The van der Waals surface area contributed by atoms with Gasteiger partial charge in [-0.1, -0.05) is 23.2 Å². The number of imidazole rings is 1. The van der Waals surface area contributed by atoms with Crippen molar-refractivity contribution >= 4 is 34.0 Å². The maximum absolute atomic E-state index is 5.84. The summed E-state index contributed by atoms with van der Waals surface area (Å²) in [6.07, 6.45) is 4.37. The molecule has 130 valence electrons. The van der Waals surface area contributed by atoms with Crippen LogP contribution in [0.15, 0.2) is 61.2 Å². The molecule has 0 aliphatic rings. The van der Waals surface area contributed by atoms with Gasteiger partial charge < -0.3 is 16.8 Å². The molecule has 0 aliphatic carbocycles. The van der Waals surface area contributed by atoms with E-state index in [1.54, 1.807) is 6.33 Å². The average Bonchev–Trinajstić information content (AvgIpc) is 3.06. The summed E-state index contributed by atoms with van der Waals surface area (Å²) in [5.74, 6) is 0.715. The van der Waals surface area contributed by atoms with Crippen LogP contribution in [0.4, 0.5) is 22.9 Å². The summed E-state index contributed by atoms with van der Waals surface area (Å²) in [5.41, 5.74) is 16.9. The number of H-pyrrole nitrogens is 1. The molecule has 0 unspecified atom stereocenters. The van der Waals surface area contributed by atoms with E-state index < -0.39 is 0 Å². The molecule has 0 fully saturated rings. The molecule has 7 heteroatoms. The van der Waals surface area contributed by atoms with E-state index in [0.717, 1.165) is 35.5 Å². The predicted octanol–water partition coefficient (Wildman–Crippen LogP) is 2.40. The van der Waals surface area contributed by atoms with Crippen LogP contribution in [0.2, 0.25) is 0 Å². The van der Waals surface area contributed by atoms with Gasteiger partial charge in [-0.2, -0.15) is 4.98 Å². The molecule has 4 rings (SSSR count). The molecule has 0 saturated carbocycles. The Morgan fingerprint density at radius 1 is 1.00 bits per heavy atom. The molecule has 2 heterocycles. The highest BCUT2D eigenvalue weighted by Crippen LogP contribution is 2.21. The number of nitrogens with two attached hydrogens (primary N) is 2. The van der Waals surface area contributed by atoms with Crippen molar-refractivity contribution in [3.8, 4) is 0 Å². The van der Waals surface area contributed by atoms with Gasteiger partial charge in [0.25, 0.3) is 0 Å². The third kappa shape index (κ3) is 3.27. The number of nitrogens with zero attached hydrogens (tertiary/aromatic N) is 3. The van der Waals surface area contributed by atoms with Gasteiger partial charge in [-0.3, -0.25) is 4.98 Å². The highest BCUT2D eigenvalue weighted by atomic mass is 15.1. The van der Waals surface area contributed by atoms with Gasteiger partial charge >= 0.3 is 5.65 Å². The van der Waals surface area contributed by atoms with E-state index in [2.05, 4.69) is 24.8 Å². The molecule has 0 amide bonds. The van der Waals surface area contributed by atoms with E-state index in [1.807, 2.05) is 54.9 Å². The summed E-state index contributed by atoms with van der Waals surface area (Å²) < 4.78 is 2.08. The van der Waals surface area contributed by atoms with Gasteiger partial charge in [-0.05, 0) is 35.9 Å². The lowest BCUT2D eigenvalue weighted by Gasteiger charge is -2.05. The summed E-state index contributed by atoms with van der Waals surface area (Å²) in [6.45, 7) is 0.804. The number of hydrogen-bond donors (Lipinski definition) is 4. The van der Waals surface area contributed by atoms with Crippen molar-refractivity contribution in [2.45, 2.75) is 13.0 Å². The van der Waals surface area contributed by atoms with Crippen LogP contribution in [0.3, 0.4) is 0 Å². The minimum absolute atomic E-state index is 0.699. The molecular formula is C19H20N7+. The van der Waals surface area contributed by atoms with Crippen LogP contribution in [0.25, 0.3) is 11.2 Å². The van der Waals surface area contributed by atoms with Crippen molar-refractivity contribution < 1.29 is 4.57 Å². The summed E-state index contributed by atoms with van der Waals surface area (Å²) in [5, 5.41) is 3.29. The first kappa shape index (κ1) is 15.9. The maximum atomic E-state index is 5.84. The Balaban J connectivity index is 1.57. The minimum atomic E-state index is 0.699. The number of anilines is 4. The van der Waals surface area contributed by atoms with Crippen LogP contribution in [0.1, 0.15) is 5.56 Å². The van der Waals surface area contributed by atoms with Crippen LogP contribution < -0.4 is 21.4 Å². The van der Waals surface area contributed by atoms with Gasteiger partial charge in [0.15, 0.2) is 18.5 Å². The predicted molar refractivity (Wildman–Crippen MR) is 103 cm³/mol. The summed E-state index contributed by atoms with van der Waals surface area (Å²) in [6, 6.07) is 15.5. The Bertz CT molecular complexity index is 1040. The molecule has 2 aromatic heterocycles. The van der Waals surface area contributed by atoms with Gasteiger partial charge in [0, 0.05) is 23.5 Å². The highest BCUT2D eigenvalue weighted by molar-refractivity contribution is 5.83. The van der Waals surface area contributed by atoms with Crippen molar-refractivity contribution in [1.29, 1.82) is 0 Å². The van der Waals surface area contributed by atoms with Crippen LogP contribution in [0, 0.1) is 0 Å². The number of rotatable bonds is 5. The molecule has 2 aromatic carbocycles. The third-order valence-corrected chi connectivity index (χ3v) is 4.23. The van der Waals surface area contributed by atoms with Crippen molar-refractivity contribution in [1.82, 2.24) is 15.0 Å². The minimum Gasteiger partial charge on any atom is -0.399 e. The van der Waals surface area contributed by atoms with Crippen LogP contribution >= 0.6 is 0 Å². The average molecular weight is 346 g/mol. The van der Waals surface area contributed by atoms with Crippen molar-refractivity contribution in [2.24, 2.45) is 0 Å². The molecule has 4 aromatic rings. The van der Waals surface area contributed by atoms with Gasteiger partial charge in [-0.15, -0.1) is 0 Å². The van der Waals surface area contributed by atoms with Crippen molar-refractivity contribution in [3.05, 3.63) is 66.7 Å². The zero-order valence-corrected chi connectivity index (χ0v) is 14.2. The largest absolute Gasteiger partial charge is 0.399 e. The second-order valence-corrected chi connectivity index (χ2v) is 6.13. The molecule has 7 nitrogen and oxygen atoms in total. The fourth-order valence-electron chi connectivity index (χ4n) is 2.88. The first-order chi connectivity index (χ1) is 12.7. The topological polar surface area (TPSA) is 110 Å². The maximum Gasteiger partial charge on any atom is 0.307 e. The quantitative estimate of drug-likeness (QED) is 0.328. The van der Waals surface area contributed by atoms with E-state index >= 15 is 0 Å². The normalized spacial score (nSPS) is 10.9. The molecule has 0 spiro atoms. The number of nitrogens with one attached hydrogen (secondary N) is 2. The second kappa shape index (κ2) is 6.72. The van der Waals surface area contributed by atoms with E-state index in [4.69, 9.17) is 11.5 Å². The lowest BCUT2D eigenvalue weighted by Crippen LogP contribution is -2.33. The molecule has 0 aliphatic heterocycles. The Labute approximate surface area is 150 Å². The van der Waals surface area contributed by atoms with Gasteiger partial charge in [-0.25, -0.2) is 4.57 Å². The van der Waals surface area contributed by atoms with Crippen LogP contribution in [0.5, 0.6) is 0 Å². The van der Waals surface area contributed by atoms with E-state index in [-0.39, 0.29) is 0 Å². The van der Waals surface area contributed by atoms with Crippen LogP contribution in [-0.2, 0) is 13.0 Å².